The SMILES string of the molecule is Cc1ccc(-n2cn[nH]2)c(-c2cc3n(c(=O)c2)[C@H](c2nc(-c4csc(C(=O)O)c4)c(F)[nH]2)CC3)c1. The molecule has 0 saturated heterocycles. The highest BCUT2D eigenvalue weighted by Gasteiger charge is 2.29. The van der Waals surface area contributed by atoms with Crippen molar-refractivity contribution in [1.29, 1.82) is 0 Å². The van der Waals surface area contributed by atoms with Crippen molar-refractivity contribution in [2.75, 3.05) is 0 Å². The van der Waals surface area contributed by atoms with Gasteiger partial charge in [0.1, 0.15) is 22.7 Å². The lowest BCUT2D eigenvalue weighted by Crippen LogP contribution is -2.24. The van der Waals surface area contributed by atoms with E-state index in [-0.39, 0.29) is 16.1 Å². The zero-order valence-electron chi connectivity index (χ0n) is 18.4. The van der Waals surface area contributed by atoms with Gasteiger partial charge in [-0.05, 0) is 49.6 Å². The first kappa shape index (κ1) is 21.3. The number of H-pyrrole nitrogens is 2. The summed E-state index contributed by atoms with van der Waals surface area (Å²) in [5, 5.41) is 17.5. The number of carbonyl (C=O) groups is 1. The number of aromatic nitrogens is 6. The number of hydrogen-bond acceptors (Lipinski definition) is 5. The quantitative estimate of drug-likeness (QED) is 0.342. The summed E-state index contributed by atoms with van der Waals surface area (Å²) < 4.78 is 18.2. The minimum Gasteiger partial charge on any atom is -0.477 e. The number of aromatic amines is 2. The number of imidazole rings is 1. The summed E-state index contributed by atoms with van der Waals surface area (Å²) in [6, 6.07) is 10.6. The standard InChI is InChI=1S/C24H19FN6O3S/c1-12-2-4-17(30-11-26-29-30)16(6-12)13-7-15-3-5-18(31(15)20(32)9-13)23-27-21(22(25)28-23)14-8-19(24(33)34)35-10-14/h2,4,6-11,18,29H,3,5H2,1H3,(H,27,28)(H,33,34)/t18-/m0/s1. The smallest absolute Gasteiger partial charge is 0.345 e. The number of aromatic carboxylic acids is 1. The third-order valence-electron chi connectivity index (χ3n) is 6.27. The molecule has 3 N–H and O–H groups in total. The van der Waals surface area contributed by atoms with Crippen molar-refractivity contribution < 1.29 is 14.3 Å². The number of halogens is 1. The molecule has 0 spiro atoms. The fraction of sp³-hybridized carbons (Fsp3) is 0.167. The van der Waals surface area contributed by atoms with Gasteiger partial charge in [0, 0.05) is 28.3 Å². The lowest BCUT2D eigenvalue weighted by atomic mass is 10.0. The number of thiophene rings is 1. The van der Waals surface area contributed by atoms with Gasteiger partial charge in [0.25, 0.3) is 5.56 Å². The maximum atomic E-state index is 14.7. The van der Waals surface area contributed by atoms with Gasteiger partial charge in [-0.1, -0.05) is 11.6 Å². The molecule has 4 aromatic heterocycles. The number of nitrogens with one attached hydrogen (secondary N) is 2. The van der Waals surface area contributed by atoms with Crippen LogP contribution in [0.3, 0.4) is 0 Å². The van der Waals surface area contributed by atoms with Crippen LogP contribution in [0.2, 0.25) is 0 Å². The molecule has 0 amide bonds. The Hall–Kier alpha value is -4.25. The molecule has 5 aromatic rings. The van der Waals surface area contributed by atoms with Gasteiger partial charge in [0.15, 0.2) is 0 Å². The highest BCUT2D eigenvalue weighted by molar-refractivity contribution is 7.12. The fourth-order valence-corrected chi connectivity index (χ4v) is 5.35. The molecule has 0 saturated carbocycles. The molecule has 1 atom stereocenters. The summed E-state index contributed by atoms with van der Waals surface area (Å²) in [5.41, 5.74) is 4.76. The lowest BCUT2D eigenvalue weighted by molar-refractivity contribution is 0.0702. The predicted octanol–water partition coefficient (Wildman–Crippen LogP) is 4.16. The summed E-state index contributed by atoms with van der Waals surface area (Å²) >= 11 is 1.01. The van der Waals surface area contributed by atoms with Crippen molar-refractivity contribution in [2.24, 2.45) is 0 Å². The van der Waals surface area contributed by atoms with Crippen LogP contribution in [0.15, 0.2) is 52.9 Å². The number of benzene rings is 1. The van der Waals surface area contributed by atoms with Crippen LogP contribution in [-0.4, -0.2) is 40.6 Å². The van der Waals surface area contributed by atoms with E-state index in [4.69, 9.17) is 5.11 Å². The van der Waals surface area contributed by atoms with Crippen molar-refractivity contribution in [1.82, 2.24) is 29.5 Å². The minimum absolute atomic E-state index is 0.0509. The van der Waals surface area contributed by atoms with Gasteiger partial charge in [-0.15, -0.1) is 16.4 Å². The summed E-state index contributed by atoms with van der Waals surface area (Å²) in [6.07, 6.45) is 2.90. The highest BCUT2D eigenvalue weighted by atomic mass is 32.1. The van der Waals surface area contributed by atoms with E-state index in [9.17, 15) is 14.0 Å². The number of aryl methyl sites for hydroxylation is 2. The summed E-state index contributed by atoms with van der Waals surface area (Å²) in [6.45, 7) is 2.00. The topological polar surface area (TPSA) is 122 Å². The summed E-state index contributed by atoms with van der Waals surface area (Å²) in [7, 11) is 0. The van der Waals surface area contributed by atoms with Gasteiger partial charge in [0.2, 0.25) is 5.95 Å². The fourth-order valence-electron chi connectivity index (χ4n) is 4.62. The van der Waals surface area contributed by atoms with E-state index in [0.717, 1.165) is 39.4 Å². The number of pyridine rings is 1. The largest absolute Gasteiger partial charge is 0.477 e. The average Bonchev–Trinajstić information content (AvgIpc) is 3.51. The van der Waals surface area contributed by atoms with Crippen molar-refractivity contribution >= 4 is 17.3 Å². The predicted molar refractivity (Wildman–Crippen MR) is 128 cm³/mol. The van der Waals surface area contributed by atoms with E-state index in [1.165, 1.54) is 6.07 Å². The van der Waals surface area contributed by atoms with E-state index in [1.807, 2.05) is 31.2 Å². The molecule has 0 aliphatic carbocycles. The number of fused-ring (bicyclic) bond motifs is 1. The van der Waals surface area contributed by atoms with Crippen LogP contribution in [0.4, 0.5) is 4.39 Å². The van der Waals surface area contributed by atoms with Crippen LogP contribution in [0.1, 0.15) is 39.2 Å². The van der Waals surface area contributed by atoms with E-state index in [1.54, 1.807) is 27.0 Å². The average molecular weight is 491 g/mol. The van der Waals surface area contributed by atoms with Crippen LogP contribution in [-0.2, 0) is 6.42 Å². The zero-order valence-corrected chi connectivity index (χ0v) is 19.3. The maximum Gasteiger partial charge on any atom is 0.345 e. The van der Waals surface area contributed by atoms with Gasteiger partial charge in [-0.2, -0.15) is 4.39 Å². The molecule has 5 heterocycles. The second kappa shape index (κ2) is 7.91. The van der Waals surface area contributed by atoms with Gasteiger partial charge in [-0.25, -0.2) is 19.7 Å². The molecule has 176 valence electrons. The molecule has 35 heavy (non-hydrogen) atoms. The number of hydrogen-bond donors (Lipinski definition) is 3. The zero-order chi connectivity index (χ0) is 24.3. The molecule has 0 unspecified atom stereocenters. The van der Waals surface area contributed by atoms with Crippen LogP contribution in [0, 0.1) is 12.9 Å². The number of nitrogens with zero attached hydrogens (tertiary/aromatic N) is 4. The van der Waals surface area contributed by atoms with Crippen molar-refractivity contribution in [3.05, 3.63) is 86.4 Å². The van der Waals surface area contributed by atoms with Gasteiger partial charge in [0.05, 0.1) is 11.7 Å². The first-order chi connectivity index (χ1) is 16.9. The van der Waals surface area contributed by atoms with Crippen LogP contribution < -0.4 is 5.56 Å². The minimum atomic E-state index is -1.07. The molecule has 1 aromatic carbocycles. The third kappa shape index (κ3) is 3.51. The molecule has 1 aliphatic rings. The Labute approximate surface area is 201 Å². The number of carboxylic acids is 1. The van der Waals surface area contributed by atoms with Crippen LogP contribution >= 0.6 is 11.3 Å². The van der Waals surface area contributed by atoms with E-state index >= 15 is 0 Å². The number of carboxylic acid groups (broad SMARTS) is 1. The second-order valence-corrected chi connectivity index (χ2v) is 9.43. The van der Waals surface area contributed by atoms with Crippen LogP contribution in [0.25, 0.3) is 28.1 Å². The maximum absolute atomic E-state index is 14.7. The molecule has 0 radical (unpaired) electrons. The second-order valence-electron chi connectivity index (χ2n) is 8.52. The van der Waals surface area contributed by atoms with Crippen LogP contribution in [0.5, 0.6) is 0 Å². The van der Waals surface area contributed by atoms with E-state index in [2.05, 4.69) is 20.3 Å². The molecular weight excluding hydrogens is 471 g/mol. The third-order valence-corrected chi connectivity index (χ3v) is 7.19. The first-order valence-corrected chi connectivity index (χ1v) is 11.8. The Morgan fingerprint density at radius 3 is 2.77 bits per heavy atom. The van der Waals surface area contributed by atoms with Gasteiger partial charge < -0.3 is 14.7 Å². The normalized spacial score (nSPS) is 15.0. The first-order valence-electron chi connectivity index (χ1n) is 10.9. The Morgan fingerprint density at radius 1 is 1.23 bits per heavy atom. The monoisotopic (exact) mass is 490 g/mol. The van der Waals surface area contributed by atoms with E-state index < -0.39 is 18.0 Å². The number of rotatable bonds is 5. The summed E-state index contributed by atoms with van der Waals surface area (Å²) in [5.74, 6) is -1.38. The van der Waals surface area contributed by atoms with Crippen molar-refractivity contribution in [3.8, 4) is 28.1 Å². The summed E-state index contributed by atoms with van der Waals surface area (Å²) in [4.78, 5) is 31.7. The Balaban J connectivity index is 1.39. The van der Waals surface area contributed by atoms with Crippen molar-refractivity contribution in [3.63, 3.8) is 0 Å². The van der Waals surface area contributed by atoms with E-state index in [0.29, 0.717) is 24.2 Å². The Bertz CT molecular complexity index is 1650. The molecule has 9 nitrogen and oxygen atoms in total. The molecule has 0 fully saturated rings. The molecule has 6 rings (SSSR count). The molecule has 0 bridgehead atoms. The molecule has 11 heteroatoms. The molecular formula is C24H19FN6O3S. The highest BCUT2D eigenvalue weighted by Crippen LogP contribution is 2.35. The lowest BCUT2D eigenvalue weighted by Gasteiger charge is -2.16. The molecule has 1 aliphatic heterocycles. The Morgan fingerprint density at radius 2 is 2.06 bits per heavy atom. The van der Waals surface area contributed by atoms with Crippen molar-refractivity contribution in [2.45, 2.75) is 25.8 Å². The van der Waals surface area contributed by atoms with Gasteiger partial charge >= 0.3 is 5.97 Å². The van der Waals surface area contributed by atoms with Gasteiger partial charge in [-0.3, -0.25) is 4.79 Å². The Kier molecular flexibility index (Phi) is 4.81.